The number of nitrogens with zero attached hydrogens (tertiary/aromatic N) is 1. The Morgan fingerprint density at radius 3 is 2.67 bits per heavy atom. The van der Waals surface area contributed by atoms with E-state index in [0.29, 0.717) is 13.1 Å². The van der Waals surface area contributed by atoms with E-state index in [4.69, 9.17) is 0 Å². The van der Waals surface area contributed by atoms with Gasteiger partial charge in [0, 0.05) is 13.1 Å². The van der Waals surface area contributed by atoms with Crippen LogP contribution in [0.1, 0.15) is 29.2 Å². The number of aliphatic hydroxyl groups is 1. The van der Waals surface area contributed by atoms with E-state index in [-0.39, 0.29) is 18.7 Å². The number of aliphatic hydroxyl groups excluding tert-OH is 1. The van der Waals surface area contributed by atoms with E-state index in [2.05, 4.69) is 23.5 Å². The summed E-state index contributed by atoms with van der Waals surface area (Å²) in [6.07, 6.45) is 2.70. The Balaban J connectivity index is 1.53. The second-order valence-electron chi connectivity index (χ2n) is 6.16. The first-order chi connectivity index (χ1) is 11.8. The summed E-state index contributed by atoms with van der Waals surface area (Å²) in [4.78, 5) is 14.2. The van der Waals surface area contributed by atoms with Gasteiger partial charge in [-0.1, -0.05) is 54.6 Å². The quantitative estimate of drug-likeness (QED) is 0.831. The van der Waals surface area contributed by atoms with E-state index in [0.717, 1.165) is 24.8 Å². The maximum Gasteiger partial charge on any atom is 0.318 e. The second kappa shape index (κ2) is 7.97. The first-order valence-electron chi connectivity index (χ1n) is 8.56. The van der Waals surface area contributed by atoms with Gasteiger partial charge in [0.25, 0.3) is 0 Å². The summed E-state index contributed by atoms with van der Waals surface area (Å²) in [5, 5.41) is 12.7. The van der Waals surface area contributed by atoms with Gasteiger partial charge >= 0.3 is 6.03 Å². The lowest BCUT2D eigenvalue weighted by atomic mass is 9.93. The number of aryl methyl sites for hydroxylation is 1. The van der Waals surface area contributed by atoms with Crippen LogP contribution in [0.2, 0.25) is 0 Å². The van der Waals surface area contributed by atoms with Crippen LogP contribution in [0.3, 0.4) is 0 Å². The summed E-state index contributed by atoms with van der Waals surface area (Å²) >= 11 is 0. The second-order valence-corrected chi connectivity index (χ2v) is 6.16. The third-order valence-corrected chi connectivity index (χ3v) is 4.61. The van der Waals surface area contributed by atoms with Crippen molar-refractivity contribution in [2.75, 3.05) is 19.7 Å². The highest BCUT2D eigenvalue weighted by Crippen LogP contribution is 2.29. The van der Waals surface area contributed by atoms with Crippen molar-refractivity contribution < 1.29 is 9.90 Å². The van der Waals surface area contributed by atoms with Gasteiger partial charge in [0.2, 0.25) is 0 Å². The molecule has 2 amide bonds. The Kier molecular flexibility index (Phi) is 5.49. The molecule has 2 aromatic rings. The zero-order valence-corrected chi connectivity index (χ0v) is 13.8. The van der Waals surface area contributed by atoms with Crippen LogP contribution in [-0.4, -0.2) is 35.7 Å². The molecular formula is C20H24N2O2. The fourth-order valence-corrected chi connectivity index (χ4v) is 3.33. The minimum Gasteiger partial charge on any atom is -0.394 e. The smallest absolute Gasteiger partial charge is 0.318 e. The van der Waals surface area contributed by atoms with E-state index >= 15 is 0 Å². The fraction of sp³-hybridized carbons (Fsp3) is 0.350. The first-order valence-corrected chi connectivity index (χ1v) is 8.56. The van der Waals surface area contributed by atoms with Gasteiger partial charge in [-0.25, -0.2) is 4.79 Å². The number of urea groups is 1. The largest absolute Gasteiger partial charge is 0.394 e. The highest BCUT2D eigenvalue weighted by Gasteiger charge is 2.29. The summed E-state index contributed by atoms with van der Waals surface area (Å²) in [7, 11) is 0. The minimum absolute atomic E-state index is 0.0472. The fourth-order valence-electron chi connectivity index (χ4n) is 3.33. The Labute approximate surface area is 143 Å². The molecule has 0 spiro atoms. The normalized spacial score (nSPS) is 16.5. The molecule has 0 radical (unpaired) electrons. The van der Waals surface area contributed by atoms with Gasteiger partial charge in [-0.3, -0.25) is 0 Å². The van der Waals surface area contributed by atoms with Crippen molar-refractivity contribution in [3.05, 3.63) is 71.3 Å². The van der Waals surface area contributed by atoms with Crippen molar-refractivity contribution in [2.45, 2.75) is 25.3 Å². The standard InChI is InChI=1S/C20H24N2O2/c23-15-19-18-11-5-4-10-17(18)12-14-22(19)20(24)21-13-6-9-16-7-2-1-3-8-16/h1-5,7-8,10-11,19,23H,6,9,12-15H2,(H,21,24). The van der Waals surface area contributed by atoms with Crippen molar-refractivity contribution in [1.29, 1.82) is 0 Å². The van der Waals surface area contributed by atoms with Gasteiger partial charge in [-0.15, -0.1) is 0 Å². The van der Waals surface area contributed by atoms with Crippen LogP contribution < -0.4 is 5.32 Å². The molecule has 0 fully saturated rings. The van der Waals surface area contributed by atoms with E-state index in [1.165, 1.54) is 11.1 Å². The van der Waals surface area contributed by atoms with Crippen molar-refractivity contribution >= 4 is 6.03 Å². The maximum absolute atomic E-state index is 12.5. The molecule has 1 unspecified atom stereocenters. The number of carbonyl (C=O) groups excluding carboxylic acids is 1. The predicted molar refractivity (Wildman–Crippen MR) is 94.8 cm³/mol. The van der Waals surface area contributed by atoms with Gasteiger partial charge < -0.3 is 15.3 Å². The van der Waals surface area contributed by atoms with Gasteiger partial charge in [0.05, 0.1) is 12.6 Å². The zero-order chi connectivity index (χ0) is 16.8. The predicted octanol–water partition coefficient (Wildman–Crippen LogP) is 2.92. The number of hydrogen-bond acceptors (Lipinski definition) is 2. The third kappa shape index (κ3) is 3.77. The number of amides is 2. The van der Waals surface area contributed by atoms with Gasteiger partial charge in [-0.2, -0.15) is 0 Å². The van der Waals surface area contributed by atoms with Crippen LogP contribution in [0.4, 0.5) is 4.79 Å². The van der Waals surface area contributed by atoms with Crippen LogP contribution >= 0.6 is 0 Å². The van der Waals surface area contributed by atoms with E-state index < -0.39 is 0 Å². The highest BCUT2D eigenvalue weighted by molar-refractivity contribution is 5.75. The topological polar surface area (TPSA) is 52.6 Å². The SMILES string of the molecule is O=C(NCCCc1ccccc1)N1CCc2ccccc2C1CO. The molecule has 0 saturated heterocycles. The molecule has 4 heteroatoms. The summed E-state index contributed by atoms with van der Waals surface area (Å²) in [6.45, 7) is 1.24. The molecular weight excluding hydrogens is 300 g/mol. The molecule has 1 aliphatic rings. The lowest BCUT2D eigenvalue weighted by Gasteiger charge is -2.36. The monoisotopic (exact) mass is 324 g/mol. The molecule has 0 aliphatic carbocycles. The van der Waals surface area contributed by atoms with Crippen LogP contribution in [0.5, 0.6) is 0 Å². The molecule has 0 saturated carbocycles. The lowest BCUT2D eigenvalue weighted by Crippen LogP contribution is -2.47. The molecule has 1 atom stereocenters. The summed E-state index contributed by atoms with van der Waals surface area (Å²) < 4.78 is 0. The lowest BCUT2D eigenvalue weighted by molar-refractivity contribution is 0.127. The Hall–Kier alpha value is -2.33. The molecule has 0 aromatic heterocycles. The summed E-state index contributed by atoms with van der Waals surface area (Å²) in [5.41, 5.74) is 3.57. The Morgan fingerprint density at radius 1 is 1.12 bits per heavy atom. The van der Waals surface area contributed by atoms with Crippen LogP contribution in [0.15, 0.2) is 54.6 Å². The molecule has 2 aromatic carbocycles. The van der Waals surface area contributed by atoms with Crippen LogP contribution in [0.25, 0.3) is 0 Å². The Morgan fingerprint density at radius 2 is 1.88 bits per heavy atom. The van der Waals surface area contributed by atoms with Crippen molar-refractivity contribution in [3.8, 4) is 0 Å². The number of rotatable bonds is 5. The minimum atomic E-state index is -0.246. The molecule has 126 valence electrons. The average molecular weight is 324 g/mol. The maximum atomic E-state index is 12.5. The number of carbonyl (C=O) groups is 1. The van der Waals surface area contributed by atoms with E-state index in [1.54, 1.807) is 4.90 Å². The Bertz CT molecular complexity index is 672. The average Bonchev–Trinajstić information content (AvgIpc) is 2.65. The van der Waals surface area contributed by atoms with Crippen LogP contribution in [0, 0.1) is 0 Å². The van der Waals surface area contributed by atoms with Gasteiger partial charge in [0.15, 0.2) is 0 Å². The van der Waals surface area contributed by atoms with E-state index in [9.17, 15) is 9.90 Å². The van der Waals surface area contributed by atoms with Crippen molar-refractivity contribution in [1.82, 2.24) is 10.2 Å². The molecule has 1 aliphatic heterocycles. The molecule has 1 heterocycles. The van der Waals surface area contributed by atoms with Crippen molar-refractivity contribution in [2.24, 2.45) is 0 Å². The molecule has 4 nitrogen and oxygen atoms in total. The zero-order valence-electron chi connectivity index (χ0n) is 13.8. The number of fused-ring (bicyclic) bond motifs is 1. The van der Waals surface area contributed by atoms with Gasteiger partial charge in [-0.05, 0) is 36.0 Å². The van der Waals surface area contributed by atoms with E-state index in [1.807, 2.05) is 36.4 Å². The number of benzene rings is 2. The molecule has 24 heavy (non-hydrogen) atoms. The highest BCUT2D eigenvalue weighted by atomic mass is 16.3. The third-order valence-electron chi connectivity index (χ3n) is 4.61. The van der Waals surface area contributed by atoms with Crippen molar-refractivity contribution in [3.63, 3.8) is 0 Å². The number of hydrogen-bond donors (Lipinski definition) is 2. The molecule has 2 N–H and O–H groups in total. The van der Waals surface area contributed by atoms with Gasteiger partial charge in [0.1, 0.15) is 0 Å². The first kappa shape index (κ1) is 16.5. The summed E-state index contributed by atoms with van der Waals surface area (Å²) in [5.74, 6) is 0. The molecule has 3 rings (SSSR count). The number of nitrogens with one attached hydrogen (secondary N) is 1. The van der Waals surface area contributed by atoms with Crippen LogP contribution in [-0.2, 0) is 12.8 Å². The molecule has 0 bridgehead atoms. The summed E-state index contributed by atoms with van der Waals surface area (Å²) in [6, 6.07) is 18.0.